The van der Waals surface area contributed by atoms with E-state index in [-0.39, 0.29) is 12.3 Å². The van der Waals surface area contributed by atoms with Crippen molar-refractivity contribution in [2.24, 2.45) is 0 Å². The minimum Gasteiger partial charge on any atom is -0.447 e. The third-order valence-electron chi connectivity index (χ3n) is 2.89. The Morgan fingerprint density at radius 3 is 2.23 bits per heavy atom. The van der Waals surface area contributed by atoms with Gasteiger partial charge in [-0.15, -0.1) is 0 Å². The molecule has 0 fully saturated rings. The van der Waals surface area contributed by atoms with Gasteiger partial charge in [0.1, 0.15) is 0 Å². The summed E-state index contributed by atoms with van der Waals surface area (Å²) in [4.78, 5) is 24.7. The van der Waals surface area contributed by atoms with Crippen LogP contribution in [0.15, 0.2) is 65.6 Å². The molecule has 1 N–H and O–H groups in total. The maximum atomic E-state index is 12.1. The van der Waals surface area contributed by atoms with Gasteiger partial charge in [0.2, 0.25) is 5.91 Å². The Morgan fingerprint density at radius 1 is 1.05 bits per heavy atom. The fourth-order valence-electron chi connectivity index (χ4n) is 1.77. The molecule has 0 radical (unpaired) electrons. The smallest absolute Gasteiger partial charge is 0.339 e. The average Bonchev–Trinajstić information content (AvgIpc) is 2.56. The normalized spacial score (nSPS) is 11.5. The average molecular weight is 315 g/mol. The van der Waals surface area contributed by atoms with Crippen LogP contribution in [-0.4, -0.2) is 24.4 Å². The van der Waals surface area contributed by atoms with Gasteiger partial charge in [-0.1, -0.05) is 48.2 Å². The van der Waals surface area contributed by atoms with Crippen molar-refractivity contribution in [1.29, 1.82) is 0 Å². The van der Waals surface area contributed by atoms with Gasteiger partial charge >= 0.3 is 5.97 Å². The zero-order valence-corrected chi connectivity index (χ0v) is 13.0. The van der Waals surface area contributed by atoms with Gasteiger partial charge in [0.25, 0.3) is 0 Å². The molecule has 1 unspecified atom stereocenters. The molecule has 114 valence electrons. The third kappa shape index (κ3) is 4.93. The summed E-state index contributed by atoms with van der Waals surface area (Å²) < 4.78 is 5.48. The minimum atomic E-state index is -0.574. The summed E-state index contributed by atoms with van der Waals surface area (Å²) in [5.74, 6) is -0.604. The molecule has 0 saturated carbocycles. The molecule has 0 saturated heterocycles. The first-order valence-electron chi connectivity index (χ1n) is 6.87. The van der Waals surface area contributed by atoms with Crippen molar-refractivity contribution < 1.29 is 14.3 Å². The lowest BCUT2D eigenvalue weighted by molar-refractivity contribution is -0.121. The number of hydrogen-bond donors (Lipinski definition) is 1. The lowest BCUT2D eigenvalue weighted by atomic mass is 10.2. The number of carbonyl (C=O) groups excluding carboxylic acids is 2. The summed E-state index contributed by atoms with van der Waals surface area (Å²) >= 11 is 1.35. The number of amides is 1. The number of ether oxygens (including phenoxy) is 1. The zero-order valence-electron chi connectivity index (χ0n) is 12.2. The molecule has 1 amide bonds. The number of thioether (sulfide) groups is 1. The molecule has 0 spiro atoms. The van der Waals surface area contributed by atoms with Crippen molar-refractivity contribution >= 4 is 23.6 Å². The largest absolute Gasteiger partial charge is 0.447 e. The molecule has 0 bridgehead atoms. The highest BCUT2D eigenvalue weighted by Crippen LogP contribution is 2.26. The van der Waals surface area contributed by atoms with Crippen molar-refractivity contribution in [1.82, 2.24) is 5.32 Å². The summed E-state index contributed by atoms with van der Waals surface area (Å²) in [6.45, 7) is 0. The van der Waals surface area contributed by atoms with Gasteiger partial charge in [-0.25, -0.2) is 4.79 Å². The van der Waals surface area contributed by atoms with E-state index in [1.165, 1.54) is 11.8 Å². The van der Waals surface area contributed by atoms with E-state index < -0.39 is 11.4 Å². The van der Waals surface area contributed by atoms with Crippen LogP contribution in [0, 0.1) is 0 Å². The molecule has 0 aliphatic heterocycles. The van der Waals surface area contributed by atoms with Crippen LogP contribution in [-0.2, 0) is 9.53 Å². The van der Waals surface area contributed by atoms with Crippen LogP contribution in [0.2, 0.25) is 0 Å². The van der Waals surface area contributed by atoms with Crippen LogP contribution in [0.5, 0.6) is 0 Å². The Balaban J connectivity index is 2.07. The van der Waals surface area contributed by atoms with E-state index in [4.69, 9.17) is 4.74 Å². The van der Waals surface area contributed by atoms with Crippen LogP contribution in [0.4, 0.5) is 0 Å². The Morgan fingerprint density at radius 2 is 1.64 bits per heavy atom. The van der Waals surface area contributed by atoms with E-state index in [1.807, 2.05) is 36.4 Å². The summed E-state index contributed by atoms with van der Waals surface area (Å²) in [6, 6.07) is 18.3. The predicted molar refractivity (Wildman–Crippen MR) is 86.6 cm³/mol. The van der Waals surface area contributed by atoms with Crippen LogP contribution in [0.3, 0.4) is 0 Å². The molecule has 0 aliphatic carbocycles. The highest BCUT2D eigenvalue weighted by Gasteiger charge is 2.20. The molecule has 2 aromatic carbocycles. The molecule has 22 heavy (non-hydrogen) atoms. The van der Waals surface area contributed by atoms with E-state index in [0.717, 1.165) is 4.90 Å². The van der Waals surface area contributed by atoms with Gasteiger partial charge in [-0.3, -0.25) is 4.79 Å². The first-order valence-corrected chi connectivity index (χ1v) is 7.75. The predicted octanol–water partition coefficient (Wildman–Crippen LogP) is 3.10. The molecule has 5 heteroatoms. The highest BCUT2D eigenvalue weighted by atomic mass is 32.2. The van der Waals surface area contributed by atoms with E-state index in [1.54, 1.807) is 31.3 Å². The third-order valence-corrected chi connectivity index (χ3v) is 3.96. The van der Waals surface area contributed by atoms with E-state index >= 15 is 0 Å². The number of nitrogens with one attached hydrogen (secondary N) is 1. The number of rotatable bonds is 6. The lowest BCUT2D eigenvalue weighted by Crippen LogP contribution is -2.25. The fraction of sp³-hybridized carbons (Fsp3) is 0.176. The van der Waals surface area contributed by atoms with Crippen LogP contribution in [0.25, 0.3) is 0 Å². The molecule has 2 aromatic rings. The van der Waals surface area contributed by atoms with Crippen LogP contribution < -0.4 is 5.32 Å². The Kier molecular flexibility index (Phi) is 6.03. The lowest BCUT2D eigenvalue weighted by Gasteiger charge is -2.17. The molecular formula is C17H17NO3S. The van der Waals surface area contributed by atoms with Crippen LogP contribution >= 0.6 is 11.8 Å². The second-order valence-electron chi connectivity index (χ2n) is 4.51. The van der Waals surface area contributed by atoms with Crippen LogP contribution in [0.1, 0.15) is 16.8 Å². The second kappa shape index (κ2) is 8.24. The summed E-state index contributed by atoms with van der Waals surface area (Å²) in [5.41, 5.74) is -0.104. The summed E-state index contributed by atoms with van der Waals surface area (Å²) in [6.07, 6.45) is 0.106. The Hall–Kier alpha value is -2.27. The van der Waals surface area contributed by atoms with Gasteiger partial charge in [0, 0.05) is 11.9 Å². The van der Waals surface area contributed by atoms with Crippen molar-refractivity contribution in [2.45, 2.75) is 16.8 Å². The van der Waals surface area contributed by atoms with Crippen molar-refractivity contribution in [3.63, 3.8) is 0 Å². The first kappa shape index (κ1) is 16.1. The Bertz CT molecular complexity index is 616. The van der Waals surface area contributed by atoms with Crippen molar-refractivity contribution in [3.8, 4) is 0 Å². The Labute approximate surface area is 133 Å². The van der Waals surface area contributed by atoms with Gasteiger partial charge in [-0.2, -0.15) is 0 Å². The first-order chi connectivity index (χ1) is 10.7. The van der Waals surface area contributed by atoms with Gasteiger partial charge in [0.15, 0.2) is 5.44 Å². The SMILES string of the molecule is CNC(=O)CC(OC(=O)c1ccccc1)Sc1ccccc1. The summed E-state index contributed by atoms with van der Waals surface area (Å²) in [7, 11) is 1.56. The molecule has 0 heterocycles. The second-order valence-corrected chi connectivity index (χ2v) is 5.74. The zero-order chi connectivity index (χ0) is 15.8. The fourth-order valence-corrected chi connectivity index (χ4v) is 2.76. The number of hydrogen-bond acceptors (Lipinski definition) is 4. The molecule has 4 nitrogen and oxygen atoms in total. The standard InChI is InChI=1S/C17H17NO3S/c1-18-15(19)12-16(22-14-10-6-3-7-11-14)21-17(20)13-8-4-2-5-9-13/h2-11,16H,12H2,1H3,(H,18,19). The molecule has 2 rings (SSSR count). The van der Waals surface area contributed by atoms with Gasteiger partial charge in [0.05, 0.1) is 12.0 Å². The maximum absolute atomic E-state index is 12.1. The number of benzene rings is 2. The molecule has 0 aliphatic rings. The number of esters is 1. The molecular weight excluding hydrogens is 298 g/mol. The minimum absolute atomic E-state index is 0.106. The highest BCUT2D eigenvalue weighted by molar-refractivity contribution is 7.99. The van der Waals surface area contributed by atoms with Crippen molar-refractivity contribution in [3.05, 3.63) is 66.2 Å². The molecule has 0 aromatic heterocycles. The summed E-state index contributed by atoms with van der Waals surface area (Å²) in [5, 5.41) is 2.55. The number of carbonyl (C=O) groups is 2. The van der Waals surface area contributed by atoms with Gasteiger partial charge < -0.3 is 10.1 Å². The molecule has 1 atom stereocenters. The van der Waals surface area contributed by atoms with E-state index in [2.05, 4.69) is 5.32 Å². The topological polar surface area (TPSA) is 55.4 Å². The quantitative estimate of drug-likeness (QED) is 0.505. The monoisotopic (exact) mass is 315 g/mol. The van der Waals surface area contributed by atoms with E-state index in [9.17, 15) is 9.59 Å². The maximum Gasteiger partial charge on any atom is 0.339 e. The van der Waals surface area contributed by atoms with Crippen molar-refractivity contribution in [2.75, 3.05) is 7.05 Å². The van der Waals surface area contributed by atoms with Gasteiger partial charge in [-0.05, 0) is 24.3 Å². The van der Waals surface area contributed by atoms with E-state index in [0.29, 0.717) is 5.56 Å².